The molecular weight excluding hydrogens is 256 g/mol. The van der Waals surface area contributed by atoms with Gasteiger partial charge in [0.25, 0.3) is 0 Å². The Balaban J connectivity index is 2.16. The molecule has 2 rings (SSSR count). The number of benzene rings is 1. The molecular formula is C16H16O4. The van der Waals surface area contributed by atoms with E-state index in [1.165, 1.54) is 0 Å². The van der Waals surface area contributed by atoms with Gasteiger partial charge in [0.1, 0.15) is 17.6 Å². The number of carbonyl (C=O) groups excluding carboxylic acids is 1. The van der Waals surface area contributed by atoms with Crippen LogP contribution in [0.15, 0.2) is 59.0 Å². The smallest absolute Gasteiger partial charge is 0.336 e. The normalized spacial score (nSPS) is 11.9. The Kier molecular flexibility index (Phi) is 4.38. The molecule has 0 aliphatic rings. The number of hydrogen-bond donors (Lipinski definition) is 1. The summed E-state index contributed by atoms with van der Waals surface area (Å²) >= 11 is 0. The van der Waals surface area contributed by atoms with Crippen molar-refractivity contribution in [3.8, 4) is 11.3 Å². The lowest BCUT2D eigenvalue weighted by Crippen LogP contribution is -2.13. The molecule has 0 fully saturated rings. The summed E-state index contributed by atoms with van der Waals surface area (Å²) in [6.07, 6.45) is -1.20. The van der Waals surface area contributed by atoms with Crippen molar-refractivity contribution in [2.24, 2.45) is 0 Å². The van der Waals surface area contributed by atoms with Gasteiger partial charge in [0.2, 0.25) is 0 Å². The van der Waals surface area contributed by atoms with Crippen LogP contribution in [0.25, 0.3) is 11.3 Å². The average molecular weight is 272 g/mol. The van der Waals surface area contributed by atoms with E-state index >= 15 is 0 Å². The number of aliphatic hydroxyl groups excluding tert-OH is 1. The SMILES string of the molecule is C=C(C(=O)OCC)C(O)c1ccc(-c2ccccc2)o1. The van der Waals surface area contributed by atoms with Crippen LogP contribution < -0.4 is 0 Å². The first-order valence-corrected chi connectivity index (χ1v) is 6.32. The molecule has 0 aliphatic carbocycles. The monoisotopic (exact) mass is 272 g/mol. The Bertz CT molecular complexity index is 598. The predicted molar refractivity (Wildman–Crippen MR) is 74.9 cm³/mol. The zero-order valence-electron chi connectivity index (χ0n) is 11.2. The second-order valence-electron chi connectivity index (χ2n) is 4.22. The molecule has 0 radical (unpaired) electrons. The molecule has 0 bridgehead atoms. The predicted octanol–water partition coefficient (Wildman–Crippen LogP) is 3.10. The van der Waals surface area contributed by atoms with Crippen LogP contribution in [0.2, 0.25) is 0 Å². The lowest BCUT2D eigenvalue weighted by Gasteiger charge is -2.10. The summed E-state index contributed by atoms with van der Waals surface area (Å²) in [6, 6.07) is 12.9. The molecule has 20 heavy (non-hydrogen) atoms. The van der Waals surface area contributed by atoms with Crippen molar-refractivity contribution in [2.45, 2.75) is 13.0 Å². The molecule has 1 aromatic carbocycles. The van der Waals surface area contributed by atoms with E-state index in [9.17, 15) is 9.90 Å². The molecule has 2 aromatic rings. The van der Waals surface area contributed by atoms with Crippen molar-refractivity contribution in [1.29, 1.82) is 0 Å². The Hall–Kier alpha value is -2.33. The summed E-state index contributed by atoms with van der Waals surface area (Å²) in [6.45, 7) is 5.47. The zero-order valence-corrected chi connectivity index (χ0v) is 11.2. The number of ether oxygens (including phenoxy) is 1. The number of furan rings is 1. The third kappa shape index (κ3) is 2.97. The van der Waals surface area contributed by atoms with E-state index in [0.717, 1.165) is 5.56 Å². The van der Waals surface area contributed by atoms with Gasteiger partial charge in [-0.15, -0.1) is 0 Å². The van der Waals surface area contributed by atoms with Crippen LogP contribution in [-0.4, -0.2) is 17.7 Å². The minimum absolute atomic E-state index is 0.0409. The quantitative estimate of drug-likeness (QED) is 0.671. The first kappa shape index (κ1) is 14.1. The van der Waals surface area contributed by atoms with Crippen molar-refractivity contribution in [2.75, 3.05) is 6.61 Å². The molecule has 0 amide bonds. The van der Waals surface area contributed by atoms with Gasteiger partial charge in [0, 0.05) is 5.56 Å². The molecule has 0 saturated carbocycles. The molecule has 1 N–H and O–H groups in total. The molecule has 104 valence electrons. The van der Waals surface area contributed by atoms with Crippen LogP contribution >= 0.6 is 0 Å². The Morgan fingerprint density at radius 1 is 1.30 bits per heavy atom. The molecule has 1 aromatic heterocycles. The van der Waals surface area contributed by atoms with Crippen molar-refractivity contribution in [3.63, 3.8) is 0 Å². The summed E-state index contributed by atoms with van der Waals surface area (Å²) in [4.78, 5) is 11.5. The lowest BCUT2D eigenvalue weighted by molar-refractivity contribution is -0.139. The highest BCUT2D eigenvalue weighted by Gasteiger charge is 2.22. The maximum Gasteiger partial charge on any atom is 0.336 e. The van der Waals surface area contributed by atoms with E-state index < -0.39 is 12.1 Å². The fraction of sp³-hybridized carbons (Fsp3) is 0.188. The van der Waals surface area contributed by atoms with Crippen LogP contribution in [0.5, 0.6) is 0 Å². The largest absolute Gasteiger partial charge is 0.463 e. The van der Waals surface area contributed by atoms with E-state index in [0.29, 0.717) is 5.76 Å². The second kappa shape index (κ2) is 6.21. The molecule has 4 heteroatoms. The minimum atomic E-state index is -1.20. The summed E-state index contributed by atoms with van der Waals surface area (Å²) < 4.78 is 10.4. The van der Waals surface area contributed by atoms with Crippen LogP contribution in [-0.2, 0) is 9.53 Å². The number of esters is 1. The Morgan fingerprint density at radius 3 is 2.65 bits per heavy atom. The average Bonchev–Trinajstić information content (AvgIpc) is 2.96. The molecule has 1 atom stereocenters. The van der Waals surface area contributed by atoms with Gasteiger partial charge in [-0.05, 0) is 19.1 Å². The highest BCUT2D eigenvalue weighted by molar-refractivity contribution is 5.88. The van der Waals surface area contributed by atoms with Crippen molar-refractivity contribution in [3.05, 3.63) is 60.4 Å². The molecule has 1 heterocycles. The number of hydrogen-bond acceptors (Lipinski definition) is 4. The molecule has 0 saturated heterocycles. The molecule has 0 spiro atoms. The minimum Gasteiger partial charge on any atom is -0.463 e. The molecule has 0 aliphatic heterocycles. The van der Waals surface area contributed by atoms with Crippen molar-refractivity contribution in [1.82, 2.24) is 0 Å². The van der Waals surface area contributed by atoms with Gasteiger partial charge < -0.3 is 14.3 Å². The van der Waals surface area contributed by atoms with Gasteiger partial charge in [-0.2, -0.15) is 0 Å². The fourth-order valence-corrected chi connectivity index (χ4v) is 1.76. The Morgan fingerprint density at radius 2 is 2.00 bits per heavy atom. The van der Waals surface area contributed by atoms with Crippen LogP contribution in [0, 0.1) is 0 Å². The number of aliphatic hydroxyl groups is 1. The second-order valence-corrected chi connectivity index (χ2v) is 4.22. The first-order chi connectivity index (χ1) is 9.63. The van der Waals surface area contributed by atoms with E-state index in [2.05, 4.69) is 6.58 Å². The van der Waals surface area contributed by atoms with Crippen LogP contribution in [0.1, 0.15) is 18.8 Å². The van der Waals surface area contributed by atoms with Gasteiger partial charge in [-0.25, -0.2) is 4.79 Å². The number of carbonyl (C=O) groups is 1. The highest BCUT2D eigenvalue weighted by Crippen LogP contribution is 2.28. The topological polar surface area (TPSA) is 59.7 Å². The summed E-state index contributed by atoms with van der Waals surface area (Å²) in [5.41, 5.74) is 0.855. The molecule has 1 unspecified atom stereocenters. The maximum atomic E-state index is 11.5. The maximum absolute atomic E-state index is 11.5. The standard InChI is InChI=1S/C16H16O4/c1-3-19-16(18)11(2)15(17)14-10-9-13(20-14)12-7-5-4-6-8-12/h4-10,15,17H,2-3H2,1H3. The van der Waals surface area contributed by atoms with Gasteiger partial charge >= 0.3 is 5.97 Å². The number of rotatable bonds is 5. The van der Waals surface area contributed by atoms with E-state index in [4.69, 9.17) is 9.15 Å². The van der Waals surface area contributed by atoms with E-state index in [1.807, 2.05) is 30.3 Å². The van der Waals surface area contributed by atoms with E-state index in [-0.39, 0.29) is 17.9 Å². The fourth-order valence-electron chi connectivity index (χ4n) is 1.76. The van der Waals surface area contributed by atoms with Crippen LogP contribution in [0.4, 0.5) is 0 Å². The third-order valence-electron chi connectivity index (χ3n) is 2.82. The van der Waals surface area contributed by atoms with Gasteiger partial charge in [-0.3, -0.25) is 0 Å². The summed E-state index contributed by atoms with van der Waals surface area (Å²) in [7, 11) is 0. The van der Waals surface area contributed by atoms with Crippen molar-refractivity contribution >= 4 is 5.97 Å². The summed E-state index contributed by atoms with van der Waals surface area (Å²) in [5, 5.41) is 10.1. The highest BCUT2D eigenvalue weighted by atomic mass is 16.5. The zero-order chi connectivity index (χ0) is 14.5. The summed E-state index contributed by atoms with van der Waals surface area (Å²) in [5.74, 6) is 0.260. The third-order valence-corrected chi connectivity index (χ3v) is 2.82. The lowest BCUT2D eigenvalue weighted by atomic mass is 10.1. The van der Waals surface area contributed by atoms with Crippen LogP contribution in [0.3, 0.4) is 0 Å². The van der Waals surface area contributed by atoms with Gasteiger partial charge in [0.05, 0.1) is 12.2 Å². The van der Waals surface area contributed by atoms with E-state index in [1.54, 1.807) is 19.1 Å². The Labute approximate surface area is 117 Å². The molecule has 4 nitrogen and oxygen atoms in total. The van der Waals surface area contributed by atoms with Gasteiger partial charge in [-0.1, -0.05) is 36.9 Å². The first-order valence-electron chi connectivity index (χ1n) is 6.32. The van der Waals surface area contributed by atoms with Gasteiger partial charge in [0.15, 0.2) is 0 Å². The van der Waals surface area contributed by atoms with Crippen molar-refractivity contribution < 1.29 is 19.1 Å².